The molecule has 0 bridgehead atoms. The predicted octanol–water partition coefficient (Wildman–Crippen LogP) is 3.70. The fourth-order valence-electron chi connectivity index (χ4n) is 2.34. The molecular formula is C19H26ClIN4O. The molecule has 1 aromatic heterocycles. The second-order valence-electron chi connectivity index (χ2n) is 5.47. The van der Waals surface area contributed by atoms with Crippen LogP contribution >= 0.6 is 35.6 Å². The van der Waals surface area contributed by atoms with Crippen LogP contribution in [0.25, 0.3) is 0 Å². The van der Waals surface area contributed by atoms with Crippen LogP contribution in [0.15, 0.2) is 47.6 Å². The Morgan fingerprint density at radius 3 is 2.69 bits per heavy atom. The zero-order valence-corrected chi connectivity index (χ0v) is 18.3. The molecular weight excluding hydrogens is 463 g/mol. The number of hydrogen-bond acceptors (Lipinski definition) is 3. The molecule has 2 aromatic rings. The van der Waals surface area contributed by atoms with Gasteiger partial charge in [-0.3, -0.25) is 9.98 Å². The third kappa shape index (κ3) is 7.78. The summed E-state index contributed by atoms with van der Waals surface area (Å²) in [7, 11) is 1.64. The molecule has 0 atom stereocenters. The molecule has 1 aromatic carbocycles. The standard InChI is InChI=1S/C19H25ClN4O.HI/c1-3-21-19(24-13-10-16-6-4-5-11-22-16)23-12-9-15-7-8-17(25-2)14-18(15)20;/h4-8,11,14H,3,9-10,12-13H2,1-2H3,(H2,21,23,24);1H. The Bertz CT molecular complexity index is 682. The number of pyridine rings is 1. The minimum absolute atomic E-state index is 0. The van der Waals surface area contributed by atoms with E-state index in [2.05, 4.69) is 27.5 Å². The van der Waals surface area contributed by atoms with Crippen LogP contribution in [0.5, 0.6) is 5.75 Å². The average Bonchev–Trinajstić information content (AvgIpc) is 2.64. The summed E-state index contributed by atoms with van der Waals surface area (Å²) in [6.07, 6.45) is 3.44. The molecule has 0 saturated heterocycles. The SMILES string of the molecule is CCNC(=NCCc1ccccn1)NCCc1ccc(OC)cc1Cl.I. The average molecular weight is 489 g/mol. The molecule has 5 nitrogen and oxygen atoms in total. The first-order valence-electron chi connectivity index (χ1n) is 8.47. The van der Waals surface area contributed by atoms with Crippen molar-refractivity contribution in [3.8, 4) is 5.75 Å². The van der Waals surface area contributed by atoms with Crippen molar-refractivity contribution in [2.24, 2.45) is 4.99 Å². The molecule has 0 saturated carbocycles. The van der Waals surface area contributed by atoms with Gasteiger partial charge in [0.1, 0.15) is 5.75 Å². The molecule has 0 aliphatic heterocycles. The lowest BCUT2D eigenvalue weighted by Gasteiger charge is -2.12. The van der Waals surface area contributed by atoms with Crippen molar-refractivity contribution in [3.05, 3.63) is 58.9 Å². The van der Waals surface area contributed by atoms with E-state index in [0.717, 1.165) is 53.9 Å². The molecule has 0 amide bonds. The maximum atomic E-state index is 6.28. The Labute approximate surface area is 177 Å². The lowest BCUT2D eigenvalue weighted by molar-refractivity contribution is 0.414. The largest absolute Gasteiger partial charge is 0.497 e. The number of guanidine groups is 1. The molecule has 142 valence electrons. The molecule has 7 heteroatoms. The highest BCUT2D eigenvalue weighted by Gasteiger charge is 2.03. The number of nitrogens with one attached hydrogen (secondary N) is 2. The number of ether oxygens (including phenoxy) is 1. The summed E-state index contributed by atoms with van der Waals surface area (Å²) in [5, 5.41) is 7.31. The van der Waals surface area contributed by atoms with Gasteiger partial charge in [0.15, 0.2) is 5.96 Å². The van der Waals surface area contributed by atoms with E-state index < -0.39 is 0 Å². The number of methoxy groups -OCH3 is 1. The Morgan fingerprint density at radius 1 is 1.19 bits per heavy atom. The van der Waals surface area contributed by atoms with Crippen LogP contribution in [0.1, 0.15) is 18.2 Å². The lowest BCUT2D eigenvalue weighted by atomic mass is 10.1. The molecule has 2 rings (SSSR count). The van der Waals surface area contributed by atoms with Crippen molar-refractivity contribution in [3.63, 3.8) is 0 Å². The van der Waals surface area contributed by atoms with Crippen molar-refractivity contribution in [1.29, 1.82) is 0 Å². The van der Waals surface area contributed by atoms with Crippen molar-refractivity contribution in [2.45, 2.75) is 19.8 Å². The van der Waals surface area contributed by atoms with Crippen LogP contribution in [0.2, 0.25) is 5.02 Å². The van der Waals surface area contributed by atoms with Crippen molar-refractivity contribution < 1.29 is 4.74 Å². The van der Waals surface area contributed by atoms with Crippen molar-refractivity contribution >= 4 is 41.5 Å². The van der Waals surface area contributed by atoms with Crippen LogP contribution in [-0.2, 0) is 12.8 Å². The van der Waals surface area contributed by atoms with Crippen molar-refractivity contribution in [1.82, 2.24) is 15.6 Å². The van der Waals surface area contributed by atoms with Gasteiger partial charge < -0.3 is 15.4 Å². The number of nitrogens with zero attached hydrogens (tertiary/aromatic N) is 2. The number of rotatable bonds is 8. The smallest absolute Gasteiger partial charge is 0.191 e. The van der Waals surface area contributed by atoms with Gasteiger partial charge in [0.05, 0.1) is 7.11 Å². The summed E-state index contributed by atoms with van der Waals surface area (Å²) in [6, 6.07) is 11.7. The highest BCUT2D eigenvalue weighted by atomic mass is 127. The number of aliphatic imine (C=N–C) groups is 1. The van der Waals surface area contributed by atoms with E-state index in [1.807, 2.05) is 36.4 Å². The molecule has 0 fully saturated rings. The topological polar surface area (TPSA) is 58.5 Å². The van der Waals surface area contributed by atoms with Gasteiger partial charge in [-0.2, -0.15) is 0 Å². The Hall–Kier alpha value is -1.54. The fraction of sp³-hybridized carbons (Fsp3) is 0.368. The first-order chi connectivity index (χ1) is 12.2. The Morgan fingerprint density at radius 2 is 2.04 bits per heavy atom. The van der Waals surface area contributed by atoms with Crippen LogP contribution in [-0.4, -0.2) is 37.7 Å². The van der Waals surface area contributed by atoms with Gasteiger partial charge in [-0.05, 0) is 43.2 Å². The van der Waals surface area contributed by atoms with E-state index in [1.165, 1.54) is 0 Å². The number of aromatic nitrogens is 1. The van der Waals surface area contributed by atoms with Gasteiger partial charge in [-0.1, -0.05) is 23.7 Å². The molecule has 0 unspecified atom stereocenters. The molecule has 2 N–H and O–H groups in total. The Kier molecular flexibility index (Phi) is 11.0. The van der Waals surface area contributed by atoms with Gasteiger partial charge in [0, 0.05) is 43.0 Å². The Balaban J connectivity index is 0.00000338. The van der Waals surface area contributed by atoms with E-state index in [0.29, 0.717) is 6.54 Å². The first-order valence-corrected chi connectivity index (χ1v) is 8.85. The van der Waals surface area contributed by atoms with E-state index >= 15 is 0 Å². The van der Waals surface area contributed by atoms with Gasteiger partial charge >= 0.3 is 0 Å². The van der Waals surface area contributed by atoms with Gasteiger partial charge in [-0.15, -0.1) is 24.0 Å². The third-order valence-corrected chi connectivity index (χ3v) is 4.01. The quantitative estimate of drug-likeness (QED) is 0.338. The van der Waals surface area contributed by atoms with Gasteiger partial charge in [0.2, 0.25) is 0 Å². The number of hydrogen-bond donors (Lipinski definition) is 2. The van der Waals surface area contributed by atoms with Crippen LogP contribution < -0.4 is 15.4 Å². The van der Waals surface area contributed by atoms with Crippen LogP contribution in [0.3, 0.4) is 0 Å². The number of benzene rings is 1. The fourth-order valence-corrected chi connectivity index (χ4v) is 2.61. The zero-order valence-electron chi connectivity index (χ0n) is 15.2. The zero-order chi connectivity index (χ0) is 17.9. The summed E-state index contributed by atoms with van der Waals surface area (Å²) in [6.45, 7) is 4.31. The second-order valence-corrected chi connectivity index (χ2v) is 5.87. The van der Waals surface area contributed by atoms with Gasteiger partial charge in [0.25, 0.3) is 0 Å². The monoisotopic (exact) mass is 488 g/mol. The highest BCUT2D eigenvalue weighted by molar-refractivity contribution is 14.0. The van der Waals surface area contributed by atoms with E-state index in [9.17, 15) is 0 Å². The summed E-state index contributed by atoms with van der Waals surface area (Å²) in [4.78, 5) is 8.90. The third-order valence-electron chi connectivity index (χ3n) is 3.66. The molecule has 0 aliphatic rings. The maximum absolute atomic E-state index is 6.28. The van der Waals surface area contributed by atoms with Crippen LogP contribution in [0, 0.1) is 0 Å². The van der Waals surface area contributed by atoms with E-state index in [-0.39, 0.29) is 24.0 Å². The van der Waals surface area contributed by atoms with Crippen molar-refractivity contribution in [2.75, 3.05) is 26.7 Å². The minimum Gasteiger partial charge on any atom is -0.497 e. The number of halogens is 2. The maximum Gasteiger partial charge on any atom is 0.191 e. The highest BCUT2D eigenvalue weighted by Crippen LogP contribution is 2.22. The normalized spacial score (nSPS) is 10.8. The summed E-state index contributed by atoms with van der Waals surface area (Å²) in [5.41, 5.74) is 2.13. The molecule has 0 aliphatic carbocycles. The molecule has 0 spiro atoms. The summed E-state index contributed by atoms with van der Waals surface area (Å²) < 4.78 is 5.17. The second kappa shape index (κ2) is 12.8. The summed E-state index contributed by atoms with van der Waals surface area (Å²) in [5.74, 6) is 1.58. The predicted molar refractivity (Wildman–Crippen MR) is 119 cm³/mol. The van der Waals surface area contributed by atoms with E-state index in [4.69, 9.17) is 16.3 Å². The lowest BCUT2D eigenvalue weighted by Crippen LogP contribution is -2.38. The van der Waals surface area contributed by atoms with Gasteiger partial charge in [-0.25, -0.2) is 0 Å². The first kappa shape index (κ1) is 22.5. The molecule has 0 radical (unpaired) electrons. The molecule has 26 heavy (non-hydrogen) atoms. The minimum atomic E-state index is 0. The van der Waals surface area contributed by atoms with E-state index in [1.54, 1.807) is 13.3 Å². The van der Waals surface area contributed by atoms with Crippen LogP contribution in [0.4, 0.5) is 0 Å². The summed E-state index contributed by atoms with van der Waals surface area (Å²) >= 11 is 6.28. The molecule has 1 heterocycles.